The van der Waals surface area contributed by atoms with Crippen LogP contribution >= 0.6 is 27.5 Å². The Kier molecular flexibility index (Phi) is 4.18. The zero-order chi connectivity index (χ0) is 14.2. The van der Waals surface area contributed by atoms with Gasteiger partial charge in [0.15, 0.2) is 0 Å². The number of benzene rings is 2. The van der Waals surface area contributed by atoms with Crippen molar-refractivity contribution >= 4 is 27.5 Å². The highest BCUT2D eigenvalue weighted by Crippen LogP contribution is 2.33. The minimum atomic E-state index is -1.56. The van der Waals surface area contributed by atoms with Crippen LogP contribution in [0.2, 0.25) is 5.02 Å². The molecule has 0 fully saturated rings. The van der Waals surface area contributed by atoms with Crippen molar-refractivity contribution in [2.75, 3.05) is 0 Å². The molecule has 19 heavy (non-hydrogen) atoms. The normalized spacial score (nSPS) is 12.5. The zero-order valence-corrected chi connectivity index (χ0v) is 11.6. The Bertz CT molecular complexity index is 634. The fourth-order valence-corrected chi connectivity index (χ4v) is 2.12. The highest BCUT2D eigenvalue weighted by atomic mass is 79.9. The van der Waals surface area contributed by atoms with Crippen LogP contribution in [0.5, 0.6) is 0 Å². The maximum Gasteiger partial charge on any atom is 0.149 e. The lowest BCUT2D eigenvalue weighted by molar-refractivity contribution is 0.209. The quantitative estimate of drug-likeness (QED) is 0.784. The monoisotopic (exact) mass is 350 g/mol. The van der Waals surface area contributed by atoms with Crippen LogP contribution in [0.25, 0.3) is 0 Å². The van der Waals surface area contributed by atoms with Crippen molar-refractivity contribution in [3.63, 3.8) is 0 Å². The van der Waals surface area contributed by atoms with Crippen molar-refractivity contribution < 1.29 is 18.3 Å². The number of hydrogen-bond acceptors (Lipinski definition) is 1. The van der Waals surface area contributed by atoms with Gasteiger partial charge in [-0.15, -0.1) is 0 Å². The van der Waals surface area contributed by atoms with Gasteiger partial charge < -0.3 is 5.11 Å². The molecule has 0 radical (unpaired) electrons. The summed E-state index contributed by atoms with van der Waals surface area (Å²) in [6, 6.07) is 5.38. The molecule has 0 saturated carbocycles. The van der Waals surface area contributed by atoms with E-state index in [0.29, 0.717) is 10.5 Å². The first-order valence-electron chi connectivity index (χ1n) is 5.18. The van der Waals surface area contributed by atoms with E-state index in [0.717, 1.165) is 12.1 Å². The Labute approximate surface area is 120 Å². The van der Waals surface area contributed by atoms with Crippen molar-refractivity contribution in [2.24, 2.45) is 0 Å². The van der Waals surface area contributed by atoms with E-state index in [9.17, 15) is 18.3 Å². The van der Waals surface area contributed by atoms with Gasteiger partial charge in [0.25, 0.3) is 0 Å². The average Bonchev–Trinajstić information content (AvgIpc) is 2.35. The summed E-state index contributed by atoms with van der Waals surface area (Å²) in [5, 5.41) is 9.77. The Morgan fingerprint density at radius 2 is 1.68 bits per heavy atom. The lowest BCUT2D eigenvalue weighted by atomic mass is 10.0. The van der Waals surface area contributed by atoms with Crippen molar-refractivity contribution in [1.29, 1.82) is 0 Å². The largest absolute Gasteiger partial charge is 0.383 e. The first kappa shape index (κ1) is 14.4. The summed E-state index contributed by atoms with van der Waals surface area (Å²) in [6.45, 7) is 0. The minimum Gasteiger partial charge on any atom is -0.383 e. The lowest BCUT2D eigenvalue weighted by Gasteiger charge is -2.14. The van der Waals surface area contributed by atoms with Crippen LogP contribution in [0.4, 0.5) is 13.2 Å². The van der Waals surface area contributed by atoms with E-state index >= 15 is 0 Å². The smallest absolute Gasteiger partial charge is 0.149 e. The first-order chi connectivity index (χ1) is 8.91. The summed E-state index contributed by atoms with van der Waals surface area (Å²) in [4.78, 5) is 0. The molecule has 0 bridgehead atoms. The minimum absolute atomic E-state index is 0.182. The summed E-state index contributed by atoms with van der Waals surface area (Å²) >= 11 is 8.72. The van der Waals surface area contributed by atoms with E-state index in [1.165, 1.54) is 12.1 Å². The van der Waals surface area contributed by atoms with Crippen molar-refractivity contribution in [3.05, 3.63) is 68.4 Å². The van der Waals surface area contributed by atoms with E-state index in [2.05, 4.69) is 15.9 Å². The molecular formula is C13H7BrClF3O. The summed E-state index contributed by atoms with van der Waals surface area (Å²) < 4.78 is 40.5. The van der Waals surface area contributed by atoms with Crippen molar-refractivity contribution in [1.82, 2.24) is 0 Å². The molecule has 0 spiro atoms. The molecule has 0 amide bonds. The molecule has 2 aromatic carbocycles. The average molecular weight is 352 g/mol. The van der Waals surface area contributed by atoms with Crippen LogP contribution in [0.1, 0.15) is 17.2 Å². The summed E-state index contributed by atoms with van der Waals surface area (Å²) in [6.07, 6.45) is -1.56. The predicted octanol–water partition coefficient (Wildman–Crippen LogP) is 4.60. The third-order valence-corrected chi connectivity index (χ3v) is 3.88. The van der Waals surface area contributed by atoms with Crippen LogP contribution in [-0.4, -0.2) is 5.11 Å². The molecule has 0 saturated heterocycles. The maximum absolute atomic E-state index is 13.9. The molecule has 2 rings (SSSR count). The third-order valence-electron chi connectivity index (χ3n) is 2.62. The van der Waals surface area contributed by atoms with Gasteiger partial charge in [0.1, 0.15) is 23.6 Å². The fraction of sp³-hybridized carbons (Fsp3) is 0.0769. The molecule has 1 unspecified atom stereocenters. The van der Waals surface area contributed by atoms with Gasteiger partial charge in [0.2, 0.25) is 0 Å². The van der Waals surface area contributed by atoms with Gasteiger partial charge in [-0.3, -0.25) is 0 Å². The fourth-order valence-electron chi connectivity index (χ4n) is 1.64. The number of rotatable bonds is 2. The van der Waals surface area contributed by atoms with Gasteiger partial charge in [-0.2, -0.15) is 0 Å². The molecule has 2 aromatic rings. The van der Waals surface area contributed by atoms with Gasteiger partial charge in [-0.05, 0) is 28.1 Å². The van der Waals surface area contributed by atoms with Crippen LogP contribution in [-0.2, 0) is 0 Å². The van der Waals surface area contributed by atoms with Crippen LogP contribution in [0.3, 0.4) is 0 Å². The molecule has 1 N–H and O–H groups in total. The van der Waals surface area contributed by atoms with E-state index in [-0.39, 0.29) is 16.1 Å². The molecule has 0 aliphatic heterocycles. The second kappa shape index (κ2) is 5.53. The zero-order valence-electron chi connectivity index (χ0n) is 9.30. The van der Waals surface area contributed by atoms with Crippen molar-refractivity contribution in [3.8, 4) is 0 Å². The number of aliphatic hydroxyl groups is 1. The van der Waals surface area contributed by atoms with E-state index < -0.39 is 23.6 Å². The van der Waals surface area contributed by atoms with Gasteiger partial charge in [-0.25, -0.2) is 13.2 Å². The van der Waals surface area contributed by atoms with Gasteiger partial charge in [0.05, 0.1) is 5.02 Å². The molecule has 1 nitrogen and oxygen atoms in total. The van der Waals surface area contributed by atoms with Crippen LogP contribution in [0.15, 0.2) is 34.8 Å². The SMILES string of the molecule is OC(c1ccc(F)cc1F)c1ccc(Br)c(Cl)c1F. The Hall–Kier alpha value is -1.04. The topological polar surface area (TPSA) is 20.2 Å². The highest BCUT2D eigenvalue weighted by molar-refractivity contribution is 9.10. The molecule has 6 heteroatoms. The second-order valence-corrected chi connectivity index (χ2v) is 5.07. The van der Waals surface area contributed by atoms with Crippen LogP contribution < -0.4 is 0 Å². The predicted molar refractivity (Wildman–Crippen MR) is 69.5 cm³/mol. The van der Waals surface area contributed by atoms with Crippen molar-refractivity contribution in [2.45, 2.75) is 6.10 Å². The summed E-state index contributed by atoms with van der Waals surface area (Å²) in [5.74, 6) is -2.58. The molecule has 100 valence electrons. The van der Waals surface area contributed by atoms with E-state index in [4.69, 9.17) is 11.6 Å². The molecule has 0 aromatic heterocycles. The summed E-state index contributed by atoms with van der Waals surface area (Å²) in [5.41, 5.74) is -0.405. The Morgan fingerprint density at radius 1 is 1.05 bits per heavy atom. The first-order valence-corrected chi connectivity index (χ1v) is 6.35. The highest BCUT2D eigenvalue weighted by Gasteiger charge is 2.21. The molecule has 0 aliphatic rings. The van der Waals surface area contributed by atoms with Gasteiger partial charge in [0, 0.05) is 21.7 Å². The number of halogens is 5. The molecule has 1 atom stereocenters. The number of aliphatic hydroxyl groups excluding tert-OH is 1. The lowest BCUT2D eigenvalue weighted by Crippen LogP contribution is -2.06. The van der Waals surface area contributed by atoms with Gasteiger partial charge >= 0.3 is 0 Å². The molecule has 0 heterocycles. The summed E-state index contributed by atoms with van der Waals surface area (Å²) in [7, 11) is 0. The maximum atomic E-state index is 13.9. The Balaban J connectivity index is 2.50. The molecular weight excluding hydrogens is 344 g/mol. The van der Waals surface area contributed by atoms with Gasteiger partial charge in [-0.1, -0.05) is 23.7 Å². The Morgan fingerprint density at radius 3 is 2.32 bits per heavy atom. The van der Waals surface area contributed by atoms with Crippen LogP contribution in [0, 0.1) is 17.5 Å². The molecule has 0 aliphatic carbocycles. The number of hydrogen-bond donors (Lipinski definition) is 1. The third kappa shape index (κ3) is 2.78. The second-order valence-electron chi connectivity index (χ2n) is 3.83. The van der Waals surface area contributed by atoms with E-state index in [1.807, 2.05) is 0 Å². The van der Waals surface area contributed by atoms with E-state index in [1.54, 1.807) is 0 Å². The standard InChI is InChI=1S/C13H7BrClF3O/c14-9-4-3-8(12(18)11(9)15)13(19)7-2-1-6(16)5-10(7)17/h1-5,13,19H.